The molecule has 0 radical (unpaired) electrons. The first-order chi connectivity index (χ1) is 11.0. The summed E-state index contributed by atoms with van der Waals surface area (Å²) >= 11 is 0. The smallest absolute Gasteiger partial charge is 0.227 e. The minimum atomic E-state index is -0.111. The van der Waals surface area contributed by atoms with Gasteiger partial charge in [0.25, 0.3) is 0 Å². The Morgan fingerprint density at radius 1 is 1.26 bits per heavy atom. The van der Waals surface area contributed by atoms with Gasteiger partial charge < -0.3 is 15.0 Å². The molecule has 6 heteroatoms. The molecule has 3 rings (SSSR count). The van der Waals surface area contributed by atoms with E-state index in [1.54, 1.807) is 0 Å². The Balaban J connectivity index is 1.56. The number of nitrogens with two attached hydrogens (primary N) is 1. The molecule has 2 atom stereocenters. The second-order valence-corrected chi connectivity index (χ2v) is 6.45. The van der Waals surface area contributed by atoms with Gasteiger partial charge in [-0.2, -0.15) is 0 Å². The van der Waals surface area contributed by atoms with Gasteiger partial charge in [0.1, 0.15) is 5.65 Å². The van der Waals surface area contributed by atoms with Crippen LogP contribution in [0.25, 0.3) is 5.65 Å². The maximum atomic E-state index is 12.3. The summed E-state index contributed by atoms with van der Waals surface area (Å²) in [5, 5.41) is 0. The van der Waals surface area contributed by atoms with Crippen LogP contribution in [0.4, 0.5) is 0 Å². The molecule has 2 N–H and O–H groups in total. The lowest BCUT2D eigenvalue weighted by atomic mass is 10.0. The molecular weight excluding hydrogens is 290 g/mol. The number of imidazole rings is 1. The van der Waals surface area contributed by atoms with Crippen molar-refractivity contribution >= 4 is 11.6 Å². The Morgan fingerprint density at radius 2 is 2.00 bits per heavy atom. The van der Waals surface area contributed by atoms with Crippen LogP contribution in [0.15, 0.2) is 30.6 Å². The molecule has 2 unspecified atom stereocenters. The normalized spacial score (nSPS) is 19.0. The lowest BCUT2D eigenvalue weighted by Gasteiger charge is -2.36. The van der Waals surface area contributed by atoms with Crippen LogP contribution >= 0.6 is 0 Å². The molecule has 2 aromatic heterocycles. The molecule has 0 spiro atoms. The van der Waals surface area contributed by atoms with Crippen LogP contribution in [0.5, 0.6) is 0 Å². The Hall–Kier alpha value is -1.92. The fourth-order valence-corrected chi connectivity index (χ4v) is 2.93. The molecular formula is C17H25N5O. The molecule has 1 saturated heterocycles. The Kier molecular flexibility index (Phi) is 4.63. The van der Waals surface area contributed by atoms with Crippen molar-refractivity contribution in [2.45, 2.75) is 26.4 Å². The molecule has 1 aliphatic heterocycles. The number of aromatic nitrogens is 2. The first-order valence-electron chi connectivity index (χ1n) is 8.24. The van der Waals surface area contributed by atoms with Crippen LogP contribution in [-0.2, 0) is 11.3 Å². The minimum absolute atomic E-state index is 0.0986. The zero-order valence-electron chi connectivity index (χ0n) is 13.9. The average Bonchev–Trinajstić information content (AvgIpc) is 2.96. The number of hydrogen-bond donors (Lipinski definition) is 1. The SMILES string of the molecule is CC(N)C(C)C(=O)N1CCN(Cc2cn3ccccc3n2)CC1. The predicted octanol–water partition coefficient (Wildman–Crippen LogP) is 0.962. The summed E-state index contributed by atoms with van der Waals surface area (Å²) in [6.45, 7) is 7.92. The zero-order chi connectivity index (χ0) is 16.4. The van der Waals surface area contributed by atoms with Gasteiger partial charge in [0, 0.05) is 51.2 Å². The largest absolute Gasteiger partial charge is 0.340 e. The Morgan fingerprint density at radius 3 is 2.65 bits per heavy atom. The van der Waals surface area contributed by atoms with Crippen molar-refractivity contribution in [1.29, 1.82) is 0 Å². The third kappa shape index (κ3) is 3.54. The third-order valence-corrected chi connectivity index (χ3v) is 4.66. The van der Waals surface area contributed by atoms with Gasteiger partial charge in [-0.15, -0.1) is 0 Å². The highest BCUT2D eigenvalue weighted by Crippen LogP contribution is 2.13. The monoisotopic (exact) mass is 315 g/mol. The van der Waals surface area contributed by atoms with E-state index >= 15 is 0 Å². The van der Waals surface area contributed by atoms with Gasteiger partial charge in [0.15, 0.2) is 0 Å². The molecule has 2 aromatic rings. The Labute approximate surface area is 136 Å². The molecule has 6 nitrogen and oxygen atoms in total. The maximum Gasteiger partial charge on any atom is 0.227 e. The molecule has 1 amide bonds. The van der Waals surface area contributed by atoms with Crippen molar-refractivity contribution in [3.8, 4) is 0 Å². The van der Waals surface area contributed by atoms with Gasteiger partial charge in [0.05, 0.1) is 11.6 Å². The van der Waals surface area contributed by atoms with E-state index < -0.39 is 0 Å². The highest BCUT2D eigenvalue weighted by molar-refractivity contribution is 5.79. The van der Waals surface area contributed by atoms with E-state index in [1.807, 2.05) is 47.5 Å². The standard InChI is InChI=1S/C17H25N5O/c1-13(14(2)18)17(23)21-9-7-20(8-10-21)11-15-12-22-6-4-3-5-16(22)19-15/h3-6,12-14H,7-11,18H2,1-2H3. The van der Waals surface area contributed by atoms with E-state index in [1.165, 1.54) is 0 Å². The summed E-state index contributed by atoms with van der Waals surface area (Å²) in [4.78, 5) is 21.3. The summed E-state index contributed by atoms with van der Waals surface area (Å²) in [5.41, 5.74) is 7.88. The van der Waals surface area contributed by atoms with E-state index in [9.17, 15) is 4.79 Å². The zero-order valence-corrected chi connectivity index (χ0v) is 13.9. The highest BCUT2D eigenvalue weighted by Gasteiger charge is 2.26. The van der Waals surface area contributed by atoms with Crippen molar-refractivity contribution in [3.05, 3.63) is 36.3 Å². The lowest BCUT2D eigenvalue weighted by Crippen LogP contribution is -2.51. The lowest BCUT2D eigenvalue weighted by molar-refractivity contribution is -0.137. The van der Waals surface area contributed by atoms with Crippen molar-refractivity contribution in [1.82, 2.24) is 19.2 Å². The van der Waals surface area contributed by atoms with Crippen LogP contribution in [0.3, 0.4) is 0 Å². The second-order valence-electron chi connectivity index (χ2n) is 6.45. The van der Waals surface area contributed by atoms with Crippen molar-refractivity contribution in [3.63, 3.8) is 0 Å². The third-order valence-electron chi connectivity index (χ3n) is 4.66. The summed E-state index contributed by atoms with van der Waals surface area (Å²) in [7, 11) is 0. The second kappa shape index (κ2) is 6.68. The van der Waals surface area contributed by atoms with Crippen molar-refractivity contribution in [2.24, 2.45) is 11.7 Å². The number of carbonyl (C=O) groups is 1. The topological polar surface area (TPSA) is 66.9 Å². The van der Waals surface area contributed by atoms with Crippen LogP contribution in [0, 0.1) is 5.92 Å². The summed E-state index contributed by atoms with van der Waals surface area (Å²) in [6, 6.07) is 5.91. The molecule has 0 aromatic carbocycles. The number of hydrogen-bond acceptors (Lipinski definition) is 4. The molecule has 23 heavy (non-hydrogen) atoms. The van der Waals surface area contributed by atoms with Crippen LogP contribution in [0.1, 0.15) is 19.5 Å². The van der Waals surface area contributed by atoms with E-state index in [0.29, 0.717) is 0 Å². The van der Waals surface area contributed by atoms with Gasteiger partial charge in [0.2, 0.25) is 5.91 Å². The molecule has 1 aliphatic rings. The van der Waals surface area contributed by atoms with E-state index in [2.05, 4.69) is 16.1 Å². The van der Waals surface area contributed by atoms with E-state index in [4.69, 9.17) is 5.73 Å². The molecule has 0 saturated carbocycles. The molecule has 0 aliphatic carbocycles. The summed E-state index contributed by atoms with van der Waals surface area (Å²) in [6.07, 6.45) is 4.09. The molecule has 0 bridgehead atoms. The maximum absolute atomic E-state index is 12.3. The summed E-state index contributed by atoms with van der Waals surface area (Å²) in [5.74, 6) is 0.0624. The highest BCUT2D eigenvalue weighted by atomic mass is 16.2. The minimum Gasteiger partial charge on any atom is -0.340 e. The molecule has 124 valence electrons. The number of carbonyl (C=O) groups excluding carboxylic acids is 1. The number of nitrogens with zero attached hydrogens (tertiary/aromatic N) is 4. The van der Waals surface area contributed by atoms with Gasteiger partial charge in [-0.05, 0) is 19.1 Å². The van der Waals surface area contributed by atoms with E-state index in [-0.39, 0.29) is 17.9 Å². The van der Waals surface area contributed by atoms with Crippen molar-refractivity contribution in [2.75, 3.05) is 26.2 Å². The Bertz CT molecular complexity index is 639. The number of pyridine rings is 1. The molecule has 3 heterocycles. The number of piperazine rings is 1. The predicted molar refractivity (Wildman–Crippen MR) is 89.9 cm³/mol. The van der Waals surface area contributed by atoms with Crippen LogP contribution in [-0.4, -0.2) is 57.3 Å². The quantitative estimate of drug-likeness (QED) is 0.913. The van der Waals surface area contributed by atoms with E-state index in [0.717, 1.165) is 44.1 Å². The van der Waals surface area contributed by atoms with Gasteiger partial charge in [-0.25, -0.2) is 4.98 Å². The average molecular weight is 315 g/mol. The fraction of sp³-hybridized carbons (Fsp3) is 0.529. The van der Waals surface area contributed by atoms with Gasteiger partial charge in [-0.1, -0.05) is 13.0 Å². The summed E-state index contributed by atoms with van der Waals surface area (Å²) < 4.78 is 2.04. The fourth-order valence-electron chi connectivity index (χ4n) is 2.93. The van der Waals surface area contributed by atoms with Gasteiger partial charge in [-0.3, -0.25) is 9.69 Å². The molecule has 1 fully saturated rings. The first-order valence-corrected chi connectivity index (χ1v) is 8.24. The van der Waals surface area contributed by atoms with Crippen LogP contribution in [0.2, 0.25) is 0 Å². The van der Waals surface area contributed by atoms with Gasteiger partial charge >= 0.3 is 0 Å². The number of rotatable bonds is 4. The first kappa shape index (κ1) is 16.0. The number of fused-ring (bicyclic) bond motifs is 1. The van der Waals surface area contributed by atoms with Crippen LogP contribution < -0.4 is 5.73 Å². The number of amides is 1. The van der Waals surface area contributed by atoms with Crippen molar-refractivity contribution < 1.29 is 4.79 Å².